The molecule has 8 heteroatoms. The third kappa shape index (κ3) is 3.20. The van der Waals surface area contributed by atoms with Crippen LogP contribution in [0.1, 0.15) is 16.1 Å². The van der Waals surface area contributed by atoms with Gasteiger partial charge in [-0.05, 0) is 19.1 Å². The maximum Gasteiger partial charge on any atom is 0.259 e. The van der Waals surface area contributed by atoms with Gasteiger partial charge in [0.15, 0.2) is 0 Å². The van der Waals surface area contributed by atoms with Gasteiger partial charge in [-0.25, -0.2) is 9.37 Å². The fraction of sp³-hybridized carbons (Fsp3) is 0.389. The average molecular weight is 357 g/mol. The lowest BCUT2D eigenvalue weighted by atomic mass is 10.2. The van der Waals surface area contributed by atoms with E-state index in [0.29, 0.717) is 29.9 Å². The Hall–Kier alpha value is -2.74. The Morgan fingerprint density at radius 3 is 2.77 bits per heavy atom. The molecule has 0 saturated carbocycles. The molecule has 7 nitrogen and oxygen atoms in total. The quantitative estimate of drug-likeness (QED) is 0.714. The molecule has 0 spiro atoms. The SMILES string of the molecule is Cc1oncc1C(=O)N1CCN(CCn2cnc3cc(F)ccc32)CC1. The predicted molar refractivity (Wildman–Crippen MR) is 93.3 cm³/mol. The third-order valence-electron chi connectivity index (χ3n) is 4.88. The van der Waals surface area contributed by atoms with Gasteiger partial charge in [-0.15, -0.1) is 0 Å². The maximum absolute atomic E-state index is 13.3. The number of hydrogen-bond donors (Lipinski definition) is 0. The first-order valence-corrected chi connectivity index (χ1v) is 8.65. The highest BCUT2D eigenvalue weighted by atomic mass is 19.1. The normalized spacial score (nSPS) is 15.7. The van der Waals surface area contributed by atoms with Gasteiger partial charge in [0.1, 0.15) is 17.1 Å². The summed E-state index contributed by atoms with van der Waals surface area (Å²) in [5.41, 5.74) is 2.14. The van der Waals surface area contributed by atoms with Gasteiger partial charge in [-0.1, -0.05) is 5.16 Å². The Labute approximate surface area is 150 Å². The van der Waals surface area contributed by atoms with Crippen molar-refractivity contribution in [2.45, 2.75) is 13.5 Å². The summed E-state index contributed by atoms with van der Waals surface area (Å²) in [5.74, 6) is 0.262. The second-order valence-corrected chi connectivity index (χ2v) is 6.50. The van der Waals surface area contributed by atoms with Crippen LogP contribution in [-0.2, 0) is 6.54 Å². The Kier molecular flexibility index (Phi) is 4.42. The molecule has 136 valence electrons. The monoisotopic (exact) mass is 357 g/mol. The Bertz CT molecular complexity index is 927. The molecule has 0 radical (unpaired) electrons. The molecule has 0 bridgehead atoms. The summed E-state index contributed by atoms with van der Waals surface area (Å²) >= 11 is 0. The van der Waals surface area contributed by atoms with Crippen LogP contribution < -0.4 is 0 Å². The van der Waals surface area contributed by atoms with Crippen molar-refractivity contribution in [2.24, 2.45) is 0 Å². The van der Waals surface area contributed by atoms with E-state index in [1.165, 1.54) is 18.3 Å². The van der Waals surface area contributed by atoms with Crippen molar-refractivity contribution in [3.63, 3.8) is 0 Å². The highest BCUT2D eigenvalue weighted by Gasteiger charge is 2.24. The number of amides is 1. The number of hydrogen-bond acceptors (Lipinski definition) is 5. The fourth-order valence-electron chi connectivity index (χ4n) is 3.31. The van der Waals surface area contributed by atoms with Crippen molar-refractivity contribution < 1.29 is 13.7 Å². The topological polar surface area (TPSA) is 67.4 Å². The number of piperazine rings is 1. The van der Waals surface area contributed by atoms with Gasteiger partial charge in [-0.3, -0.25) is 9.69 Å². The highest BCUT2D eigenvalue weighted by Crippen LogP contribution is 2.15. The summed E-state index contributed by atoms with van der Waals surface area (Å²) in [5, 5.41) is 3.68. The summed E-state index contributed by atoms with van der Waals surface area (Å²) < 4.78 is 20.3. The van der Waals surface area contributed by atoms with E-state index in [1.54, 1.807) is 19.3 Å². The summed E-state index contributed by atoms with van der Waals surface area (Å²) in [6.07, 6.45) is 3.23. The Balaban J connectivity index is 1.32. The van der Waals surface area contributed by atoms with Crippen LogP contribution in [0.15, 0.2) is 35.2 Å². The first-order valence-electron chi connectivity index (χ1n) is 8.65. The third-order valence-corrected chi connectivity index (χ3v) is 4.88. The zero-order chi connectivity index (χ0) is 18.1. The molecular weight excluding hydrogens is 337 g/mol. The van der Waals surface area contributed by atoms with Crippen molar-refractivity contribution >= 4 is 16.9 Å². The number of aromatic nitrogens is 3. The molecule has 3 heterocycles. The van der Waals surface area contributed by atoms with E-state index in [9.17, 15) is 9.18 Å². The van der Waals surface area contributed by atoms with E-state index in [4.69, 9.17) is 4.52 Å². The van der Waals surface area contributed by atoms with Crippen molar-refractivity contribution in [1.29, 1.82) is 0 Å². The first kappa shape index (κ1) is 16.7. The van der Waals surface area contributed by atoms with Crippen LogP contribution in [0.3, 0.4) is 0 Å². The predicted octanol–water partition coefficient (Wildman–Crippen LogP) is 1.93. The number of aryl methyl sites for hydroxylation is 1. The second kappa shape index (κ2) is 6.87. The summed E-state index contributed by atoms with van der Waals surface area (Å²) in [7, 11) is 0. The average Bonchev–Trinajstić information content (AvgIpc) is 3.25. The molecule has 0 aliphatic carbocycles. The Morgan fingerprint density at radius 1 is 1.23 bits per heavy atom. The number of nitrogens with zero attached hydrogens (tertiary/aromatic N) is 5. The zero-order valence-electron chi connectivity index (χ0n) is 14.6. The molecule has 0 N–H and O–H groups in total. The lowest BCUT2D eigenvalue weighted by Crippen LogP contribution is -2.49. The minimum absolute atomic E-state index is 0.0222. The standard InChI is InChI=1S/C18H20FN5O2/c1-13-15(11-21-26-13)18(25)23-7-4-22(5-8-23)6-9-24-12-20-16-10-14(19)2-3-17(16)24/h2-3,10-12H,4-9H2,1H3. The van der Waals surface area contributed by atoms with E-state index < -0.39 is 0 Å². The van der Waals surface area contributed by atoms with Crippen molar-refractivity contribution in [2.75, 3.05) is 32.7 Å². The van der Waals surface area contributed by atoms with Crippen LogP contribution in [0.25, 0.3) is 11.0 Å². The van der Waals surface area contributed by atoms with Gasteiger partial charge in [0.25, 0.3) is 5.91 Å². The van der Waals surface area contributed by atoms with Gasteiger partial charge < -0.3 is 14.0 Å². The number of rotatable bonds is 4. The summed E-state index contributed by atoms with van der Waals surface area (Å²) in [4.78, 5) is 20.9. The first-order chi connectivity index (χ1) is 12.6. The minimum atomic E-state index is -0.272. The molecule has 1 fully saturated rings. The molecule has 1 aliphatic rings. The Morgan fingerprint density at radius 2 is 2.04 bits per heavy atom. The fourth-order valence-corrected chi connectivity index (χ4v) is 3.31. The van der Waals surface area contributed by atoms with Gasteiger partial charge in [-0.2, -0.15) is 0 Å². The van der Waals surface area contributed by atoms with Gasteiger partial charge in [0.05, 0.1) is 23.6 Å². The van der Waals surface area contributed by atoms with Gasteiger partial charge in [0, 0.05) is 45.3 Å². The number of carbonyl (C=O) groups excluding carboxylic acids is 1. The molecule has 1 aromatic carbocycles. The number of carbonyl (C=O) groups is 1. The number of benzene rings is 1. The molecule has 1 saturated heterocycles. The molecule has 2 aromatic heterocycles. The zero-order valence-corrected chi connectivity index (χ0v) is 14.6. The molecule has 4 rings (SSSR count). The molecule has 1 aliphatic heterocycles. The lowest BCUT2D eigenvalue weighted by Gasteiger charge is -2.34. The van der Waals surface area contributed by atoms with E-state index >= 15 is 0 Å². The molecule has 26 heavy (non-hydrogen) atoms. The minimum Gasteiger partial charge on any atom is -0.361 e. The maximum atomic E-state index is 13.3. The number of fused-ring (bicyclic) bond motifs is 1. The van der Waals surface area contributed by atoms with E-state index in [0.717, 1.165) is 31.7 Å². The molecule has 0 atom stereocenters. The van der Waals surface area contributed by atoms with E-state index in [-0.39, 0.29) is 11.7 Å². The van der Waals surface area contributed by atoms with Gasteiger partial charge in [0.2, 0.25) is 0 Å². The summed E-state index contributed by atoms with van der Waals surface area (Å²) in [6.45, 7) is 6.38. The number of imidazole rings is 1. The van der Waals surface area contributed by atoms with E-state index in [2.05, 4.69) is 15.0 Å². The van der Waals surface area contributed by atoms with Crippen LogP contribution in [-0.4, -0.2) is 63.1 Å². The molecule has 3 aromatic rings. The van der Waals surface area contributed by atoms with Crippen LogP contribution in [0, 0.1) is 12.7 Å². The van der Waals surface area contributed by atoms with Crippen molar-refractivity contribution in [1.82, 2.24) is 24.5 Å². The summed E-state index contributed by atoms with van der Waals surface area (Å²) in [6, 6.07) is 4.66. The van der Waals surface area contributed by atoms with Crippen molar-refractivity contribution in [3.05, 3.63) is 47.9 Å². The smallest absolute Gasteiger partial charge is 0.259 e. The molecular formula is C18H20FN5O2. The second-order valence-electron chi connectivity index (χ2n) is 6.50. The van der Waals surface area contributed by atoms with Crippen LogP contribution in [0.5, 0.6) is 0 Å². The van der Waals surface area contributed by atoms with Crippen LogP contribution >= 0.6 is 0 Å². The van der Waals surface area contributed by atoms with Crippen molar-refractivity contribution in [3.8, 4) is 0 Å². The lowest BCUT2D eigenvalue weighted by molar-refractivity contribution is 0.0632. The van der Waals surface area contributed by atoms with Crippen LogP contribution in [0.4, 0.5) is 4.39 Å². The number of halogens is 1. The van der Waals surface area contributed by atoms with Gasteiger partial charge >= 0.3 is 0 Å². The van der Waals surface area contributed by atoms with Crippen LogP contribution in [0.2, 0.25) is 0 Å². The van der Waals surface area contributed by atoms with E-state index in [1.807, 2.05) is 9.47 Å². The molecule has 1 amide bonds. The largest absolute Gasteiger partial charge is 0.361 e. The highest BCUT2D eigenvalue weighted by molar-refractivity contribution is 5.94. The molecule has 0 unspecified atom stereocenters.